The molecular formula is C23H30N2O. The van der Waals surface area contributed by atoms with E-state index in [0.29, 0.717) is 6.54 Å². The number of rotatable bonds is 3. The number of fused-ring (bicyclic) bond motifs is 3. The molecule has 0 aliphatic carbocycles. The molecule has 0 saturated carbocycles. The summed E-state index contributed by atoms with van der Waals surface area (Å²) in [5.74, 6) is 0. The predicted octanol–water partition coefficient (Wildman–Crippen LogP) is 4.35. The van der Waals surface area contributed by atoms with Crippen LogP contribution in [-0.4, -0.2) is 34.7 Å². The number of benzene rings is 2. The summed E-state index contributed by atoms with van der Waals surface area (Å²) in [6, 6.07) is 16.7. The number of nitrogens with zero attached hydrogens (tertiary/aromatic N) is 2. The van der Waals surface area contributed by atoms with Gasteiger partial charge in [-0.1, -0.05) is 49.4 Å². The minimum Gasteiger partial charge on any atom is -0.387 e. The maximum atomic E-state index is 10.8. The number of hydrogen-bond donors (Lipinski definition) is 1. The lowest BCUT2D eigenvalue weighted by Gasteiger charge is -2.17. The van der Waals surface area contributed by atoms with Crippen molar-refractivity contribution in [1.82, 2.24) is 9.47 Å². The van der Waals surface area contributed by atoms with Gasteiger partial charge in [0.05, 0.1) is 12.6 Å². The van der Waals surface area contributed by atoms with Gasteiger partial charge in [0.2, 0.25) is 0 Å². The number of likely N-dealkylation sites (N-methyl/N-ethyl adjacent to an activating group) is 1. The van der Waals surface area contributed by atoms with Gasteiger partial charge in [0.25, 0.3) is 0 Å². The van der Waals surface area contributed by atoms with E-state index in [4.69, 9.17) is 0 Å². The second-order valence-electron chi connectivity index (χ2n) is 7.29. The van der Waals surface area contributed by atoms with Gasteiger partial charge in [0.15, 0.2) is 0 Å². The number of aliphatic hydroxyl groups is 1. The maximum absolute atomic E-state index is 10.8. The largest absolute Gasteiger partial charge is 0.387 e. The van der Waals surface area contributed by atoms with Crippen molar-refractivity contribution in [1.29, 1.82) is 0 Å². The highest BCUT2D eigenvalue weighted by atomic mass is 16.3. The van der Waals surface area contributed by atoms with Crippen molar-refractivity contribution in [2.24, 2.45) is 0 Å². The molecule has 0 bridgehead atoms. The van der Waals surface area contributed by atoms with Gasteiger partial charge in [0.1, 0.15) is 0 Å². The average molecular weight is 351 g/mol. The van der Waals surface area contributed by atoms with Crippen molar-refractivity contribution in [2.75, 3.05) is 20.1 Å². The predicted molar refractivity (Wildman–Crippen MR) is 110 cm³/mol. The molecule has 26 heavy (non-hydrogen) atoms. The molecule has 1 unspecified atom stereocenters. The van der Waals surface area contributed by atoms with E-state index in [1.54, 1.807) is 0 Å². The summed E-state index contributed by atoms with van der Waals surface area (Å²) in [5.41, 5.74) is 6.42. The summed E-state index contributed by atoms with van der Waals surface area (Å²) in [6.45, 7) is 4.94. The van der Waals surface area contributed by atoms with Crippen LogP contribution in [0.15, 0.2) is 48.5 Å². The molecule has 0 spiro atoms. The van der Waals surface area contributed by atoms with E-state index >= 15 is 0 Å². The van der Waals surface area contributed by atoms with Crippen LogP contribution in [-0.2, 0) is 19.4 Å². The SMILES string of the molecule is C.Cc1ccc2c(c1)c1c(n2CC(O)c2ccccc2)CCN(C)CC1. The zero-order valence-electron chi connectivity index (χ0n) is 15.1. The molecule has 2 aromatic carbocycles. The molecule has 1 atom stereocenters. The Balaban J connectivity index is 0.00000196. The normalized spacial score (nSPS) is 16.0. The molecule has 138 valence electrons. The highest BCUT2D eigenvalue weighted by Crippen LogP contribution is 2.31. The maximum Gasteiger partial charge on any atom is 0.0969 e. The lowest BCUT2D eigenvalue weighted by Crippen LogP contribution is -2.21. The van der Waals surface area contributed by atoms with Gasteiger partial charge in [-0.25, -0.2) is 0 Å². The Kier molecular flexibility index (Phi) is 5.49. The van der Waals surface area contributed by atoms with Crippen LogP contribution in [0.4, 0.5) is 0 Å². The second kappa shape index (κ2) is 7.65. The summed E-state index contributed by atoms with van der Waals surface area (Å²) >= 11 is 0. The molecular weight excluding hydrogens is 320 g/mol. The summed E-state index contributed by atoms with van der Waals surface area (Å²) in [4.78, 5) is 2.40. The topological polar surface area (TPSA) is 28.4 Å². The third-order valence-electron chi connectivity index (χ3n) is 5.46. The van der Waals surface area contributed by atoms with Gasteiger partial charge in [0, 0.05) is 36.1 Å². The van der Waals surface area contributed by atoms with Crippen molar-refractivity contribution in [3.05, 3.63) is 70.9 Å². The molecule has 3 nitrogen and oxygen atoms in total. The van der Waals surface area contributed by atoms with Crippen molar-refractivity contribution in [3.63, 3.8) is 0 Å². The van der Waals surface area contributed by atoms with Crippen LogP contribution in [0.3, 0.4) is 0 Å². The van der Waals surface area contributed by atoms with E-state index in [9.17, 15) is 5.11 Å². The van der Waals surface area contributed by atoms with Crippen molar-refractivity contribution in [3.8, 4) is 0 Å². The minimum atomic E-state index is -0.483. The number of aromatic nitrogens is 1. The van der Waals surface area contributed by atoms with Crippen LogP contribution < -0.4 is 0 Å². The zero-order valence-corrected chi connectivity index (χ0v) is 15.1. The monoisotopic (exact) mass is 350 g/mol. The van der Waals surface area contributed by atoms with Crippen molar-refractivity contribution >= 4 is 10.9 Å². The van der Waals surface area contributed by atoms with Gasteiger partial charge >= 0.3 is 0 Å². The molecule has 3 heteroatoms. The third-order valence-corrected chi connectivity index (χ3v) is 5.46. The number of aryl methyl sites for hydroxylation is 1. The fourth-order valence-electron chi connectivity index (χ4n) is 4.03. The van der Waals surface area contributed by atoms with Crippen molar-refractivity contribution in [2.45, 2.75) is 39.8 Å². The van der Waals surface area contributed by atoms with E-state index in [1.807, 2.05) is 30.3 Å². The molecule has 3 aromatic rings. The van der Waals surface area contributed by atoms with E-state index in [-0.39, 0.29) is 7.43 Å². The fourth-order valence-corrected chi connectivity index (χ4v) is 4.03. The molecule has 4 rings (SSSR count). The van der Waals surface area contributed by atoms with Gasteiger partial charge in [-0.05, 0) is 43.7 Å². The molecule has 1 aliphatic heterocycles. The Labute approximate surface area is 156 Å². The molecule has 2 heterocycles. The molecule has 1 aromatic heterocycles. The minimum absolute atomic E-state index is 0. The highest BCUT2D eigenvalue weighted by molar-refractivity contribution is 5.86. The van der Waals surface area contributed by atoms with Crippen LogP contribution in [0, 0.1) is 6.92 Å². The molecule has 0 fully saturated rings. The van der Waals surface area contributed by atoms with Crippen LogP contribution in [0.2, 0.25) is 0 Å². The molecule has 1 N–H and O–H groups in total. The fraction of sp³-hybridized carbons (Fsp3) is 0.391. The van der Waals surface area contributed by atoms with E-state index in [1.165, 1.54) is 27.7 Å². The molecule has 0 amide bonds. The first-order valence-electron chi connectivity index (χ1n) is 9.15. The Morgan fingerprint density at radius 3 is 2.54 bits per heavy atom. The summed E-state index contributed by atoms with van der Waals surface area (Å²) < 4.78 is 2.36. The molecule has 0 radical (unpaired) electrons. The van der Waals surface area contributed by atoms with Crippen LogP contribution in [0.5, 0.6) is 0 Å². The first-order chi connectivity index (χ1) is 12.1. The van der Waals surface area contributed by atoms with E-state index < -0.39 is 6.10 Å². The highest BCUT2D eigenvalue weighted by Gasteiger charge is 2.22. The Hall–Kier alpha value is -2.10. The second-order valence-corrected chi connectivity index (χ2v) is 7.29. The quantitative estimate of drug-likeness (QED) is 0.761. The summed E-state index contributed by atoms with van der Waals surface area (Å²) in [7, 11) is 2.20. The zero-order chi connectivity index (χ0) is 17.4. The van der Waals surface area contributed by atoms with E-state index in [0.717, 1.165) is 31.5 Å². The van der Waals surface area contributed by atoms with Crippen LogP contribution in [0.25, 0.3) is 10.9 Å². The smallest absolute Gasteiger partial charge is 0.0969 e. The lowest BCUT2D eigenvalue weighted by molar-refractivity contribution is 0.157. The standard InChI is InChI=1S/C22H26N2O.CH4/c1-16-8-9-20-19(14-16)18-10-12-23(2)13-11-21(18)24(20)15-22(25)17-6-4-3-5-7-17;/h3-9,14,22,25H,10-13,15H2,1-2H3;1H4. The van der Waals surface area contributed by atoms with Gasteiger partial charge in [-0.2, -0.15) is 0 Å². The summed E-state index contributed by atoms with van der Waals surface area (Å²) in [5, 5.41) is 12.2. The van der Waals surface area contributed by atoms with Crippen LogP contribution >= 0.6 is 0 Å². The van der Waals surface area contributed by atoms with Gasteiger partial charge < -0.3 is 14.6 Å². The Morgan fingerprint density at radius 2 is 1.77 bits per heavy atom. The summed E-state index contributed by atoms with van der Waals surface area (Å²) in [6.07, 6.45) is 1.64. The Morgan fingerprint density at radius 1 is 1.04 bits per heavy atom. The Bertz CT molecular complexity index is 882. The van der Waals surface area contributed by atoms with Gasteiger partial charge in [-0.3, -0.25) is 0 Å². The number of hydrogen-bond acceptors (Lipinski definition) is 2. The van der Waals surface area contributed by atoms with E-state index in [2.05, 4.69) is 41.6 Å². The third kappa shape index (κ3) is 3.42. The first kappa shape index (κ1) is 18.7. The molecule has 0 saturated heterocycles. The molecule has 1 aliphatic rings. The lowest BCUT2D eigenvalue weighted by atomic mass is 10.1. The number of aliphatic hydroxyl groups excluding tert-OH is 1. The van der Waals surface area contributed by atoms with Crippen LogP contribution in [0.1, 0.15) is 35.9 Å². The average Bonchev–Trinajstić information content (AvgIpc) is 2.76. The van der Waals surface area contributed by atoms with Gasteiger partial charge in [-0.15, -0.1) is 0 Å². The van der Waals surface area contributed by atoms with Crippen molar-refractivity contribution < 1.29 is 5.11 Å². The first-order valence-corrected chi connectivity index (χ1v) is 9.15.